The summed E-state index contributed by atoms with van der Waals surface area (Å²) in [5.41, 5.74) is 2.98. The van der Waals surface area contributed by atoms with Crippen LogP contribution in [0.25, 0.3) is 11.3 Å². The first-order valence-corrected chi connectivity index (χ1v) is 9.47. The minimum atomic E-state index is -0.301. The number of halogens is 1. The van der Waals surface area contributed by atoms with Crippen molar-refractivity contribution in [1.29, 1.82) is 0 Å². The van der Waals surface area contributed by atoms with Gasteiger partial charge in [0.25, 0.3) is 0 Å². The number of carbonyl (C=O) groups is 1. The lowest BCUT2D eigenvalue weighted by Gasteiger charge is -2.27. The molecule has 0 unspecified atom stereocenters. The average molecular weight is 367 g/mol. The maximum absolute atomic E-state index is 14.1. The zero-order valence-corrected chi connectivity index (χ0v) is 14.9. The lowest BCUT2D eigenvalue weighted by molar-refractivity contribution is -0.129. The molecule has 3 aromatic rings. The summed E-state index contributed by atoms with van der Waals surface area (Å²) >= 11 is 1.53. The lowest BCUT2D eigenvalue weighted by Crippen LogP contribution is -2.37. The van der Waals surface area contributed by atoms with Crippen LogP contribution in [0, 0.1) is 5.82 Å². The molecule has 1 N–H and O–H groups in total. The Hall–Kier alpha value is -2.60. The van der Waals surface area contributed by atoms with Crippen molar-refractivity contribution in [1.82, 2.24) is 15.1 Å². The van der Waals surface area contributed by atoms with Gasteiger partial charge < -0.3 is 4.90 Å². The molecule has 2 aromatic carbocycles. The Labute approximate surface area is 155 Å². The van der Waals surface area contributed by atoms with Crippen LogP contribution in [0.3, 0.4) is 0 Å². The summed E-state index contributed by atoms with van der Waals surface area (Å²) in [6, 6.07) is 16.5. The second-order valence-corrected chi connectivity index (χ2v) is 7.22. The van der Waals surface area contributed by atoms with E-state index in [1.165, 1.54) is 17.8 Å². The molecule has 0 radical (unpaired) electrons. The molecule has 0 saturated heterocycles. The molecule has 4 nitrogen and oxygen atoms in total. The number of thioether (sulfide) groups is 1. The normalized spacial score (nSPS) is 13.5. The quantitative estimate of drug-likeness (QED) is 0.712. The van der Waals surface area contributed by atoms with Crippen LogP contribution < -0.4 is 0 Å². The van der Waals surface area contributed by atoms with Crippen LogP contribution >= 0.6 is 11.8 Å². The molecule has 0 bridgehead atoms. The van der Waals surface area contributed by atoms with Gasteiger partial charge in [0.1, 0.15) is 11.5 Å². The molecular formula is C20H18FN3OS. The first kappa shape index (κ1) is 16.8. The number of hydrogen-bond acceptors (Lipinski definition) is 3. The van der Waals surface area contributed by atoms with Crippen LogP contribution in [0.5, 0.6) is 0 Å². The van der Waals surface area contributed by atoms with E-state index >= 15 is 0 Å². The Bertz CT molecular complexity index is 926. The van der Waals surface area contributed by atoms with Gasteiger partial charge >= 0.3 is 0 Å². The SMILES string of the molecule is O=C(CSc1ccccc1)N1CCc2[nH]nc(-c3ccccc3F)c2C1. The van der Waals surface area contributed by atoms with E-state index in [0.717, 1.165) is 16.2 Å². The van der Waals surface area contributed by atoms with Crippen molar-refractivity contribution in [2.45, 2.75) is 17.9 Å². The number of H-pyrrole nitrogens is 1. The van der Waals surface area contributed by atoms with Gasteiger partial charge in [-0.2, -0.15) is 5.10 Å². The number of hydrogen-bond donors (Lipinski definition) is 1. The summed E-state index contributed by atoms with van der Waals surface area (Å²) < 4.78 is 14.1. The Balaban J connectivity index is 1.50. The summed E-state index contributed by atoms with van der Waals surface area (Å²) in [7, 11) is 0. The van der Waals surface area contributed by atoms with Gasteiger partial charge in [0.15, 0.2) is 0 Å². The second-order valence-electron chi connectivity index (χ2n) is 6.18. The van der Waals surface area contributed by atoms with E-state index in [4.69, 9.17) is 0 Å². The fourth-order valence-corrected chi connectivity index (χ4v) is 3.96. The molecule has 4 rings (SSSR count). The van der Waals surface area contributed by atoms with Crippen molar-refractivity contribution in [2.75, 3.05) is 12.3 Å². The molecule has 2 heterocycles. The molecule has 1 aliphatic heterocycles. The van der Waals surface area contributed by atoms with E-state index in [9.17, 15) is 9.18 Å². The molecule has 6 heteroatoms. The zero-order valence-electron chi connectivity index (χ0n) is 14.1. The standard InChI is InChI=1S/C20H18FN3OS/c21-17-9-5-4-8-15(17)20-16-12-24(11-10-18(16)22-23-20)19(25)13-26-14-6-2-1-3-7-14/h1-9H,10-13H2,(H,22,23). The van der Waals surface area contributed by atoms with E-state index in [2.05, 4.69) is 10.2 Å². The lowest BCUT2D eigenvalue weighted by atomic mass is 10.0. The van der Waals surface area contributed by atoms with E-state index in [1.807, 2.05) is 35.2 Å². The number of amides is 1. The first-order valence-electron chi connectivity index (χ1n) is 8.49. The summed E-state index contributed by atoms with van der Waals surface area (Å²) in [5.74, 6) is 0.182. The summed E-state index contributed by atoms with van der Waals surface area (Å²) in [5, 5.41) is 7.32. The van der Waals surface area contributed by atoms with Gasteiger partial charge in [0.05, 0.1) is 5.75 Å². The van der Waals surface area contributed by atoms with Crippen LogP contribution in [-0.2, 0) is 17.8 Å². The highest BCUT2D eigenvalue weighted by Crippen LogP contribution is 2.30. The predicted molar refractivity (Wildman–Crippen MR) is 100 cm³/mol. The third-order valence-electron chi connectivity index (χ3n) is 4.52. The van der Waals surface area contributed by atoms with Gasteiger partial charge in [-0.05, 0) is 24.3 Å². The van der Waals surface area contributed by atoms with Crippen molar-refractivity contribution in [3.05, 3.63) is 71.7 Å². The van der Waals surface area contributed by atoms with Crippen molar-refractivity contribution < 1.29 is 9.18 Å². The molecule has 0 fully saturated rings. The van der Waals surface area contributed by atoms with Crippen molar-refractivity contribution in [3.8, 4) is 11.3 Å². The van der Waals surface area contributed by atoms with Gasteiger partial charge in [-0.3, -0.25) is 9.89 Å². The summed E-state index contributed by atoms with van der Waals surface area (Å²) in [6.45, 7) is 1.11. The molecule has 26 heavy (non-hydrogen) atoms. The van der Waals surface area contributed by atoms with Crippen LogP contribution in [0.2, 0.25) is 0 Å². The topological polar surface area (TPSA) is 49.0 Å². The second kappa shape index (κ2) is 7.33. The number of aromatic nitrogens is 2. The number of carbonyl (C=O) groups excluding carboxylic acids is 1. The highest BCUT2D eigenvalue weighted by atomic mass is 32.2. The smallest absolute Gasteiger partial charge is 0.233 e. The average Bonchev–Trinajstić information content (AvgIpc) is 3.10. The van der Waals surface area contributed by atoms with Crippen molar-refractivity contribution in [2.24, 2.45) is 0 Å². The Kier molecular flexibility index (Phi) is 4.75. The first-order chi connectivity index (χ1) is 12.7. The van der Waals surface area contributed by atoms with E-state index < -0.39 is 0 Å². The van der Waals surface area contributed by atoms with E-state index in [1.54, 1.807) is 18.2 Å². The van der Waals surface area contributed by atoms with Gasteiger partial charge in [-0.15, -0.1) is 11.8 Å². The molecule has 0 saturated carbocycles. The Morgan fingerprint density at radius 3 is 2.73 bits per heavy atom. The highest BCUT2D eigenvalue weighted by Gasteiger charge is 2.26. The minimum Gasteiger partial charge on any atom is -0.337 e. The monoisotopic (exact) mass is 367 g/mol. The van der Waals surface area contributed by atoms with Crippen LogP contribution in [-0.4, -0.2) is 33.3 Å². The van der Waals surface area contributed by atoms with Crippen LogP contribution in [0.15, 0.2) is 59.5 Å². The van der Waals surface area contributed by atoms with Gasteiger partial charge in [-0.25, -0.2) is 4.39 Å². The number of benzene rings is 2. The molecular weight excluding hydrogens is 349 g/mol. The number of rotatable bonds is 4. The predicted octanol–water partition coefficient (Wildman–Crippen LogP) is 3.89. The Morgan fingerprint density at radius 1 is 1.15 bits per heavy atom. The molecule has 1 aliphatic rings. The minimum absolute atomic E-state index is 0.0881. The maximum atomic E-state index is 14.1. The number of nitrogens with zero attached hydrogens (tertiary/aromatic N) is 2. The Morgan fingerprint density at radius 2 is 1.92 bits per heavy atom. The van der Waals surface area contributed by atoms with Crippen LogP contribution in [0.1, 0.15) is 11.3 Å². The highest BCUT2D eigenvalue weighted by molar-refractivity contribution is 8.00. The molecule has 132 valence electrons. The summed E-state index contributed by atoms with van der Waals surface area (Å²) in [6.07, 6.45) is 0.707. The van der Waals surface area contributed by atoms with Gasteiger partial charge in [0.2, 0.25) is 5.91 Å². The van der Waals surface area contributed by atoms with Crippen molar-refractivity contribution in [3.63, 3.8) is 0 Å². The number of nitrogens with one attached hydrogen (secondary N) is 1. The molecule has 0 spiro atoms. The van der Waals surface area contributed by atoms with Gasteiger partial charge in [-0.1, -0.05) is 30.3 Å². The van der Waals surface area contributed by atoms with E-state index in [-0.39, 0.29) is 11.7 Å². The molecule has 0 aliphatic carbocycles. The zero-order chi connectivity index (χ0) is 17.9. The number of aromatic amines is 1. The fourth-order valence-electron chi connectivity index (χ4n) is 3.14. The molecule has 0 atom stereocenters. The maximum Gasteiger partial charge on any atom is 0.233 e. The van der Waals surface area contributed by atoms with Crippen LogP contribution in [0.4, 0.5) is 4.39 Å². The van der Waals surface area contributed by atoms with Crippen molar-refractivity contribution >= 4 is 17.7 Å². The molecule has 1 amide bonds. The number of fused-ring (bicyclic) bond motifs is 1. The fraction of sp³-hybridized carbons (Fsp3) is 0.200. The summed E-state index contributed by atoms with van der Waals surface area (Å²) in [4.78, 5) is 15.5. The van der Waals surface area contributed by atoms with E-state index in [0.29, 0.717) is 36.5 Å². The molecule has 1 aromatic heterocycles. The van der Waals surface area contributed by atoms with Gasteiger partial charge in [0, 0.05) is 41.2 Å². The third-order valence-corrected chi connectivity index (χ3v) is 5.52. The third kappa shape index (κ3) is 3.37. The largest absolute Gasteiger partial charge is 0.337 e.